The second-order valence-corrected chi connectivity index (χ2v) is 1.69. The highest BCUT2D eigenvalue weighted by Gasteiger charge is 2.07. The molecule has 0 saturated heterocycles. The second-order valence-electron chi connectivity index (χ2n) is 1.69. The standard InChI is InChI=1S/C6H9N3O/c1-3-8-5(2)6(10)9-4-7/h3,5,8H,1H2,2H3,(H,9,10). The lowest BCUT2D eigenvalue weighted by atomic mass is 10.3. The molecular formula is C6H9N3O. The van der Waals surface area contributed by atoms with Crippen LogP contribution >= 0.6 is 0 Å². The van der Waals surface area contributed by atoms with Gasteiger partial charge in [-0.25, -0.2) is 0 Å². The molecule has 0 rings (SSSR count). The van der Waals surface area contributed by atoms with E-state index >= 15 is 0 Å². The van der Waals surface area contributed by atoms with Crippen LogP contribution in [0.1, 0.15) is 6.92 Å². The van der Waals surface area contributed by atoms with E-state index in [2.05, 4.69) is 11.9 Å². The van der Waals surface area contributed by atoms with Gasteiger partial charge in [0.05, 0.1) is 0 Å². The van der Waals surface area contributed by atoms with Gasteiger partial charge < -0.3 is 5.32 Å². The van der Waals surface area contributed by atoms with E-state index in [4.69, 9.17) is 5.26 Å². The molecule has 4 nitrogen and oxygen atoms in total. The normalized spacial score (nSPS) is 10.8. The number of nitrogens with zero attached hydrogens (tertiary/aromatic N) is 1. The molecule has 0 aliphatic heterocycles. The first-order valence-electron chi connectivity index (χ1n) is 2.78. The lowest BCUT2D eigenvalue weighted by Gasteiger charge is -2.06. The molecule has 0 aliphatic carbocycles. The minimum atomic E-state index is -0.405. The number of hydrogen-bond acceptors (Lipinski definition) is 3. The van der Waals surface area contributed by atoms with Crippen molar-refractivity contribution in [2.24, 2.45) is 0 Å². The summed E-state index contributed by atoms with van der Waals surface area (Å²) in [5, 5.41) is 12.6. The third-order valence-corrected chi connectivity index (χ3v) is 0.940. The highest BCUT2D eigenvalue weighted by molar-refractivity contribution is 5.82. The summed E-state index contributed by atoms with van der Waals surface area (Å²) in [6.07, 6.45) is 2.94. The highest BCUT2D eigenvalue weighted by atomic mass is 16.2. The molecular weight excluding hydrogens is 130 g/mol. The number of amides is 1. The average Bonchev–Trinajstić information content (AvgIpc) is 1.89. The maximum atomic E-state index is 10.7. The van der Waals surface area contributed by atoms with Gasteiger partial charge in [-0.1, -0.05) is 6.58 Å². The first-order chi connectivity index (χ1) is 4.72. The Kier molecular flexibility index (Phi) is 3.73. The van der Waals surface area contributed by atoms with Crippen molar-refractivity contribution in [1.82, 2.24) is 10.6 Å². The van der Waals surface area contributed by atoms with E-state index in [-0.39, 0.29) is 5.91 Å². The minimum Gasteiger partial charge on any atom is -0.380 e. The smallest absolute Gasteiger partial charge is 0.255 e. The summed E-state index contributed by atoms with van der Waals surface area (Å²) in [5.41, 5.74) is 0. The van der Waals surface area contributed by atoms with Crippen molar-refractivity contribution in [2.75, 3.05) is 0 Å². The molecule has 0 saturated carbocycles. The van der Waals surface area contributed by atoms with Crippen LogP contribution in [-0.4, -0.2) is 11.9 Å². The van der Waals surface area contributed by atoms with Crippen LogP contribution in [-0.2, 0) is 4.79 Å². The maximum absolute atomic E-state index is 10.7. The highest BCUT2D eigenvalue weighted by Crippen LogP contribution is 1.78. The van der Waals surface area contributed by atoms with Crippen molar-refractivity contribution in [3.05, 3.63) is 12.8 Å². The van der Waals surface area contributed by atoms with Crippen LogP contribution in [0.15, 0.2) is 12.8 Å². The average molecular weight is 139 g/mol. The molecule has 54 valence electrons. The van der Waals surface area contributed by atoms with Gasteiger partial charge in [-0.2, -0.15) is 5.26 Å². The Morgan fingerprint density at radius 3 is 2.90 bits per heavy atom. The molecule has 0 aromatic rings. The van der Waals surface area contributed by atoms with Gasteiger partial charge in [-0.3, -0.25) is 10.1 Å². The quantitative estimate of drug-likeness (QED) is 0.417. The summed E-state index contributed by atoms with van der Waals surface area (Å²) in [6, 6.07) is -0.405. The molecule has 4 heteroatoms. The zero-order valence-corrected chi connectivity index (χ0v) is 5.72. The Bertz CT molecular complexity index is 170. The van der Waals surface area contributed by atoms with Crippen LogP contribution in [0.3, 0.4) is 0 Å². The SMILES string of the molecule is C=CNC(C)C(=O)NC#N. The summed E-state index contributed by atoms with van der Waals surface area (Å²) in [4.78, 5) is 10.7. The van der Waals surface area contributed by atoms with E-state index in [0.29, 0.717) is 0 Å². The third-order valence-electron chi connectivity index (χ3n) is 0.940. The Morgan fingerprint density at radius 2 is 2.50 bits per heavy atom. The molecule has 1 unspecified atom stereocenters. The molecule has 0 radical (unpaired) electrons. The largest absolute Gasteiger partial charge is 0.380 e. The molecule has 0 heterocycles. The van der Waals surface area contributed by atoms with Crippen LogP contribution < -0.4 is 10.6 Å². The van der Waals surface area contributed by atoms with Crippen molar-refractivity contribution in [3.63, 3.8) is 0 Å². The lowest BCUT2D eigenvalue weighted by molar-refractivity contribution is -0.121. The molecule has 10 heavy (non-hydrogen) atoms. The van der Waals surface area contributed by atoms with Crippen LogP contribution in [0.25, 0.3) is 0 Å². The van der Waals surface area contributed by atoms with Gasteiger partial charge in [0.2, 0.25) is 0 Å². The van der Waals surface area contributed by atoms with E-state index < -0.39 is 6.04 Å². The van der Waals surface area contributed by atoms with Gasteiger partial charge in [0, 0.05) is 0 Å². The predicted octanol–water partition coefficient (Wildman–Crippen LogP) is -0.295. The molecule has 1 amide bonds. The number of nitrogens with one attached hydrogen (secondary N) is 2. The summed E-state index contributed by atoms with van der Waals surface area (Å²) in [5.74, 6) is -0.359. The third kappa shape index (κ3) is 2.72. The van der Waals surface area contributed by atoms with Gasteiger partial charge in [-0.05, 0) is 13.1 Å². The molecule has 2 N–H and O–H groups in total. The topological polar surface area (TPSA) is 64.9 Å². The Hall–Kier alpha value is -1.50. The van der Waals surface area contributed by atoms with Gasteiger partial charge in [0.1, 0.15) is 6.04 Å². The number of carbonyl (C=O) groups is 1. The fraction of sp³-hybridized carbons (Fsp3) is 0.333. The van der Waals surface area contributed by atoms with Crippen molar-refractivity contribution < 1.29 is 4.79 Å². The number of rotatable bonds is 3. The molecule has 0 spiro atoms. The summed E-state index contributed by atoms with van der Waals surface area (Å²) in [7, 11) is 0. The van der Waals surface area contributed by atoms with Crippen LogP contribution in [0, 0.1) is 11.5 Å². The van der Waals surface area contributed by atoms with Crippen molar-refractivity contribution >= 4 is 5.91 Å². The van der Waals surface area contributed by atoms with Crippen molar-refractivity contribution in [2.45, 2.75) is 13.0 Å². The number of carbonyl (C=O) groups excluding carboxylic acids is 1. The molecule has 0 aliphatic rings. The fourth-order valence-corrected chi connectivity index (χ4v) is 0.416. The predicted molar refractivity (Wildman–Crippen MR) is 36.6 cm³/mol. The Balaban J connectivity index is 3.72. The number of nitriles is 1. The zero-order valence-electron chi connectivity index (χ0n) is 5.72. The maximum Gasteiger partial charge on any atom is 0.255 e. The summed E-state index contributed by atoms with van der Waals surface area (Å²) in [6.45, 7) is 5.00. The Morgan fingerprint density at radius 1 is 1.90 bits per heavy atom. The first kappa shape index (κ1) is 8.50. The Labute approximate surface area is 59.5 Å². The molecule has 0 aromatic heterocycles. The summed E-state index contributed by atoms with van der Waals surface area (Å²) < 4.78 is 0. The first-order valence-corrected chi connectivity index (χ1v) is 2.78. The number of hydrogen-bond donors (Lipinski definition) is 2. The molecule has 0 aromatic carbocycles. The van der Waals surface area contributed by atoms with Crippen molar-refractivity contribution in [3.8, 4) is 6.19 Å². The zero-order chi connectivity index (χ0) is 7.98. The van der Waals surface area contributed by atoms with E-state index in [1.165, 1.54) is 12.4 Å². The van der Waals surface area contributed by atoms with Crippen LogP contribution in [0.2, 0.25) is 0 Å². The monoisotopic (exact) mass is 139 g/mol. The van der Waals surface area contributed by atoms with Crippen molar-refractivity contribution in [1.29, 1.82) is 5.26 Å². The molecule has 1 atom stereocenters. The molecule has 0 fully saturated rings. The minimum absolute atomic E-state index is 0.359. The van der Waals surface area contributed by atoms with E-state index in [0.717, 1.165) is 0 Å². The fourth-order valence-electron chi connectivity index (χ4n) is 0.416. The lowest BCUT2D eigenvalue weighted by Crippen LogP contribution is -2.37. The van der Waals surface area contributed by atoms with Gasteiger partial charge in [-0.15, -0.1) is 0 Å². The van der Waals surface area contributed by atoms with Gasteiger partial charge >= 0.3 is 0 Å². The van der Waals surface area contributed by atoms with E-state index in [1.54, 1.807) is 6.92 Å². The summed E-state index contributed by atoms with van der Waals surface area (Å²) >= 11 is 0. The van der Waals surface area contributed by atoms with Gasteiger partial charge in [0.25, 0.3) is 5.91 Å². The van der Waals surface area contributed by atoms with E-state index in [1.807, 2.05) is 5.32 Å². The second kappa shape index (κ2) is 4.39. The van der Waals surface area contributed by atoms with Crippen LogP contribution in [0.4, 0.5) is 0 Å². The van der Waals surface area contributed by atoms with Gasteiger partial charge in [0.15, 0.2) is 6.19 Å². The van der Waals surface area contributed by atoms with E-state index in [9.17, 15) is 4.79 Å². The van der Waals surface area contributed by atoms with Crippen LogP contribution in [0.5, 0.6) is 0 Å². The molecule has 0 bridgehead atoms.